The molecule has 0 bridgehead atoms. The maximum atomic E-state index is 10.3. The summed E-state index contributed by atoms with van der Waals surface area (Å²) in [4.78, 5) is 2.43. The number of hydrogen-bond donors (Lipinski definition) is 1. The molecule has 1 unspecified atom stereocenters. The predicted octanol–water partition coefficient (Wildman–Crippen LogP) is 3.83. The lowest BCUT2D eigenvalue weighted by Crippen LogP contribution is -2.41. The van der Waals surface area contributed by atoms with Crippen LogP contribution in [0.2, 0.25) is 0 Å². The van der Waals surface area contributed by atoms with Gasteiger partial charge in [-0.3, -0.25) is 0 Å². The maximum absolute atomic E-state index is 10.3. The third-order valence-electron chi connectivity index (χ3n) is 5.51. The molecular weight excluding hydrogens is 234 g/mol. The minimum Gasteiger partial charge on any atom is -0.392 e. The van der Waals surface area contributed by atoms with E-state index < -0.39 is 0 Å². The minimum atomic E-state index is -0.108. The number of likely N-dealkylation sites (N-methyl/N-ethyl adjacent to an activating group) is 1. The van der Waals surface area contributed by atoms with Crippen molar-refractivity contribution in [1.82, 2.24) is 4.90 Å². The number of aliphatic hydroxyl groups is 1. The third kappa shape index (κ3) is 4.75. The van der Waals surface area contributed by atoms with Crippen LogP contribution in [0.25, 0.3) is 0 Å². The SMILES string of the molecule is CN(CC(O)CC1CCCC1)C1CCC(C)(C)CC1. The molecule has 0 aromatic rings. The van der Waals surface area contributed by atoms with Crippen molar-refractivity contribution in [3.05, 3.63) is 0 Å². The molecule has 112 valence electrons. The molecule has 2 heteroatoms. The van der Waals surface area contributed by atoms with Crippen molar-refractivity contribution in [2.45, 2.75) is 83.8 Å². The van der Waals surface area contributed by atoms with Gasteiger partial charge in [-0.2, -0.15) is 0 Å². The first-order valence-corrected chi connectivity index (χ1v) is 8.34. The highest BCUT2D eigenvalue weighted by molar-refractivity contribution is 4.84. The highest BCUT2D eigenvalue weighted by atomic mass is 16.3. The average Bonchev–Trinajstić information content (AvgIpc) is 2.81. The van der Waals surface area contributed by atoms with Crippen molar-refractivity contribution in [2.75, 3.05) is 13.6 Å². The van der Waals surface area contributed by atoms with Gasteiger partial charge in [-0.15, -0.1) is 0 Å². The zero-order valence-electron chi connectivity index (χ0n) is 13.2. The van der Waals surface area contributed by atoms with Crippen LogP contribution in [0.3, 0.4) is 0 Å². The molecule has 0 aromatic carbocycles. The molecular formula is C17H33NO. The number of aliphatic hydroxyl groups excluding tert-OH is 1. The Morgan fingerprint density at radius 3 is 2.26 bits per heavy atom. The molecule has 2 aliphatic carbocycles. The first-order valence-electron chi connectivity index (χ1n) is 8.34. The molecule has 1 atom stereocenters. The van der Waals surface area contributed by atoms with E-state index in [0.717, 1.165) is 18.9 Å². The minimum absolute atomic E-state index is 0.108. The lowest BCUT2D eigenvalue weighted by atomic mass is 9.75. The molecule has 1 N–H and O–H groups in total. The van der Waals surface area contributed by atoms with E-state index >= 15 is 0 Å². The number of nitrogens with zero attached hydrogens (tertiary/aromatic N) is 1. The quantitative estimate of drug-likeness (QED) is 0.818. The molecule has 2 aliphatic rings. The fourth-order valence-electron chi connectivity index (χ4n) is 4.01. The van der Waals surface area contributed by atoms with Crippen LogP contribution in [-0.4, -0.2) is 35.7 Å². The summed E-state index contributed by atoms with van der Waals surface area (Å²) in [6.45, 7) is 5.65. The van der Waals surface area contributed by atoms with E-state index in [1.54, 1.807) is 0 Å². The molecule has 0 heterocycles. The van der Waals surface area contributed by atoms with Crippen LogP contribution >= 0.6 is 0 Å². The van der Waals surface area contributed by atoms with Gasteiger partial charge in [0.15, 0.2) is 0 Å². The molecule has 0 spiro atoms. The van der Waals surface area contributed by atoms with E-state index in [1.807, 2.05) is 0 Å². The van der Waals surface area contributed by atoms with Crippen molar-refractivity contribution in [1.29, 1.82) is 0 Å². The normalized spacial score (nSPS) is 27.0. The van der Waals surface area contributed by atoms with Crippen LogP contribution < -0.4 is 0 Å². The van der Waals surface area contributed by atoms with Crippen molar-refractivity contribution < 1.29 is 5.11 Å². The molecule has 0 saturated heterocycles. The van der Waals surface area contributed by atoms with Crippen LogP contribution in [0.1, 0.15) is 71.6 Å². The van der Waals surface area contributed by atoms with E-state index in [2.05, 4.69) is 25.8 Å². The van der Waals surface area contributed by atoms with Crippen LogP contribution in [0.4, 0.5) is 0 Å². The summed E-state index contributed by atoms with van der Waals surface area (Å²) < 4.78 is 0. The van der Waals surface area contributed by atoms with Crippen molar-refractivity contribution in [3.63, 3.8) is 0 Å². The van der Waals surface area contributed by atoms with Crippen LogP contribution in [-0.2, 0) is 0 Å². The largest absolute Gasteiger partial charge is 0.392 e. The van der Waals surface area contributed by atoms with Gasteiger partial charge >= 0.3 is 0 Å². The number of rotatable bonds is 5. The summed E-state index contributed by atoms with van der Waals surface area (Å²) in [6.07, 6.45) is 11.7. The van der Waals surface area contributed by atoms with Gasteiger partial charge in [0, 0.05) is 12.6 Å². The lowest BCUT2D eigenvalue weighted by Gasteiger charge is -2.39. The first kappa shape index (κ1) is 15.3. The fourth-order valence-corrected chi connectivity index (χ4v) is 4.01. The van der Waals surface area contributed by atoms with Gasteiger partial charge in [-0.1, -0.05) is 39.5 Å². The van der Waals surface area contributed by atoms with Gasteiger partial charge in [0.1, 0.15) is 0 Å². The highest BCUT2D eigenvalue weighted by Crippen LogP contribution is 2.36. The van der Waals surface area contributed by atoms with Crippen LogP contribution in [0.5, 0.6) is 0 Å². The topological polar surface area (TPSA) is 23.5 Å². The van der Waals surface area contributed by atoms with Crippen LogP contribution in [0, 0.1) is 11.3 Å². The monoisotopic (exact) mass is 267 g/mol. The van der Waals surface area contributed by atoms with E-state index in [-0.39, 0.29) is 6.10 Å². The molecule has 19 heavy (non-hydrogen) atoms. The molecule has 2 saturated carbocycles. The van der Waals surface area contributed by atoms with E-state index in [0.29, 0.717) is 11.5 Å². The molecule has 0 aliphatic heterocycles. The van der Waals surface area contributed by atoms with Crippen LogP contribution in [0.15, 0.2) is 0 Å². The summed E-state index contributed by atoms with van der Waals surface area (Å²) in [7, 11) is 2.21. The lowest BCUT2D eigenvalue weighted by molar-refractivity contribution is 0.0604. The third-order valence-corrected chi connectivity index (χ3v) is 5.51. The molecule has 0 aromatic heterocycles. The zero-order valence-corrected chi connectivity index (χ0v) is 13.2. The van der Waals surface area contributed by atoms with Gasteiger partial charge in [-0.05, 0) is 50.5 Å². The maximum Gasteiger partial charge on any atom is 0.0669 e. The molecule has 2 fully saturated rings. The second kappa shape index (κ2) is 6.58. The van der Waals surface area contributed by atoms with Gasteiger partial charge in [0.05, 0.1) is 6.10 Å². The smallest absolute Gasteiger partial charge is 0.0669 e. The summed E-state index contributed by atoms with van der Waals surface area (Å²) in [5.41, 5.74) is 0.541. The predicted molar refractivity (Wildman–Crippen MR) is 81.2 cm³/mol. The van der Waals surface area contributed by atoms with Gasteiger partial charge in [0.2, 0.25) is 0 Å². The summed E-state index contributed by atoms with van der Waals surface area (Å²) in [5, 5.41) is 10.3. The second-order valence-corrected chi connectivity index (χ2v) is 7.87. The Kier molecular flexibility index (Phi) is 5.30. The van der Waals surface area contributed by atoms with Crippen molar-refractivity contribution in [2.24, 2.45) is 11.3 Å². The van der Waals surface area contributed by atoms with E-state index in [9.17, 15) is 5.11 Å². The van der Waals surface area contributed by atoms with Crippen molar-refractivity contribution >= 4 is 0 Å². The Bertz CT molecular complexity index is 260. The molecule has 0 radical (unpaired) electrons. The Morgan fingerprint density at radius 1 is 1.11 bits per heavy atom. The van der Waals surface area contributed by atoms with Gasteiger partial charge in [-0.25, -0.2) is 0 Å². The molecule has 2 rings (SSSR count). The highest BCUT2D eigenvalue weighted by Gasteiger charge is 2.29. The van der Waals surface area contributed by atoms with E-state index in [4.69, 9.17) is 0 Å². The average molecular weight is 267 g/mol. The summed E-state index contributed by atoms with van der Waals surface area (Å²) in [5.74, 6) is 0.800. The Labute approximate surface area is 119 Å². The van der Waals surface area contributed by atoms with Gasteiger partial charge < -0.3 is 10.0 Å². The zero-order chi connectivity index (χ0) is 13.9. The second-order valence-electron chi connectivity index (χ2n) is 7.87. The Hall–Kier alpha value is -0.0800. The Balaban J connectivity index is 1.69. The Morgan fingerprint density at radius 2 is 1.68 bits per heavy atom. The molecule has 0 amide bonds. The summed E-state index contributed by atoms with van der Waals surface area (Å²) in [6, 6.07) is 0.700. The first-order chi connectivity index (χ1) is 8.96. The van der Waals surface area contributed by atoms with Gasteiger partial charge in [0.25, 0.3) is 0 Å². The summed E-state index contributed by atoms with van der Waals surface area (Å²) >= 11 is 0. The fraction of sp³-hybridized carbons (Fsp3) is 1.00. The number of hydrogen-bond acceptors (Lipinski definition) is 2. The standard InChI is InChI=1S/C17H33NO/c1-17(2)10-8-15(9-11-17)18(3)13-16(19)12-14-6-4-5-7-14/h14-16,19H,4-13H2,1-3H3. The van der Waals surface area contributed by atoms with E-state index in [1.165, 1.54) is 51.4 Å². The molecule has 2 nitrogen and oxygen atoms in total. The van der Waals surface area contributed by atoms with Crippen molar-refractivity contribution in [3.8, 4) is 0 Å².